The van der Waals surface area contributed by atoms with Crippen molar-refractivity contribution in [1.29, 1.82) is 0 Å². The first-order chi connectivity index (χ1) is 9.81. The van der Waals surface area contributed by atoms with Gasteiger partial charge in [-0.15, -0.1) is 0 Å². The highest BCUT2D eigenvalue weighted by atomic mass is 32.2. The van der Waals surface area contributed by atoms with Gasteiger partial charge in [0, 0.05) is 0 Å². The van der Waals surface area contributed by atoms with Crippen LogP contribution in [0.3, 0.4) is 0 Å². The second-order valence-electron chi connectivity index (χ2n) is 4.97. The van der Waals surface area contributed by atoms with Crippen LogP contribution in [0.1, 0.15) is 45.6 Å². The van der Waals surface area contributed by atoms with Crippen molar-refractivity contribution < 1.29 is 17.9 Å². The summed E-state index contributed by atoms with van der Waals surface area (Å²) in [5, 5.41) is 0. The minimum Gasteiger partial charge on any atom is -0.465 e. The third-order valence-corrected chi connectivity index (χ3v) is 4.90. The number of benzene rings is 1. The second-order valence-corrected chi connectivity index (χ2v) is 6.69. The van der Waals surface area contributed by atoms with E-state index >= 15 is 0 Å². The molecule has 0 aliphatic heterocycles. The van der Waals surface area contributed by atoms with Crippen LogP contribution in [0.2, 0.25) is 0 Å². The molecular weight excluding hydrogens is 290 g/mol. The van der Waals surface area contributed by atoms with Crippen molar-refractivity contribution in [2.45, 2.75) is 51.0 Å². The minimum atomic E-state index is -3.72. The number of hydrogen-bond donors (Lipinski definition) is 1. The molecule has 1 aromatic rings. The van der Waals surface area contributed by atoms with Crippen LogP contribution in [0.5, 0.6) is 0 Å². The fourth-order valence-corrected chi connectivity index (χ4v) is 3.02. The summed E-state index contributed by atoms with van der Waals surface area (Å²) in [6.07, 6.45) is 0.990. The molecular formula is C15H23NO4S. The molecule has 0 heterocycles. The lowest BCUT2D eigenvalue weighted by molar-refractivity contribution is -0.144. The average Bonchev–Trinajstić information content (AvgIpc) is 2.46. The van der Waals surface area contributed by atoms with Crippen LogP contribution in [0.15, 0.2) is 29.2 Å². The van der Waals surface area contributed by atoms with Gasteiger partial charge in [-0.3, -0.25) is 4.79 Å². The topological polar surface area (TPSA) is 72.5 Å². The highest BCUT2D eigenvalue weighted by Crippen LogP contribution is 2.20. The third-order valence-electron chi connectivity index (χ3n) is 3.34. The number of rotatable bonds is 7. The number of ether oxygens (including phenoxy) is 1. The molecule has 21 heavy (non-hydrogen) atoms. The molecule has 6 heteroatoms. The van der Waals surface area contributed by atoms with E-state index in [1.54, 1.807) is 31.2 Å². The van der Waals surface area contributed by atoms with Crippen molar-refractivity contribution in [1.82, 2.24) is 4.72 Å². The molecule has 0 saturated heterocycles. The van der Waals surface area contributed by atoms with E-state index in [9.17, 15) is 13.2 Å². The standard InChI is InChI=1S/C15H23NO4S/c1-5-11(3)13-7-9-14(10-8-13)21(18,19)16-12(4)15(17)20-6-2/h7-12,16H,5-6H2,1-4H3. The fourth-order valence-electron chi connectivity index (χ4n) is 1.83. The molecule has 0 radical (unpaired) electrons. The maximum atomic E-state index is 12.2. The van der Waals surface area contributed by atoms with Crippen LogP contribution in [0, 0.1) is 0 Å². The van der Waals surface area contributed by atoms with Crippen LogP contribution in [-0.4, -0.2) is 27.0 Å². The summed E-state index contributed by atoms with van der Waals surface area (Å²) in [5.41, 5.74) is 1.09. The van der Waals surface area contributed by atoms with E-state index in [0.717, 1.165) is 12.0 Å². The third kappa shape index (κ3) is 4.82. The molecule has 1 rings (SSSR count). The number of hydrogen-bond acceptors (Lipinski definition) is 4. The average molecular weight is 313 g/mol. The van der Waals surface area contributed by atoms with Crippen LogP contribution >= 0.6 is 0 Å². The Kier molecular flexibility index (Phi) is 6.36. The lowest BCUT2D eigenvalue weighted by Crippen LogP contribution is -2.39. The van der Waals surface area contributed by atoms with E-state index in [1.807, 2.05) is 0 Å². The van der Waals surface area contributed by atoms with Crippen LogP contribution in [0.25, 0.3) is 0 Å². The van der Waals surface area contributed by atoms with Crippen molar-refractivity contribution in [3.8, 4) is 0 Å². The molecule has 0 fully saturated rings. The zero-order chi connectivity index (χ0) is 16.0. The van der Waals surface area contributed by atoms with E-state index in [-0.39, 0.29) is 11.5 Å². The molecule has 0 saturated carbocycles. The summed E-state index contributed by atoms with van der Waals surface area (Å²) in [6.45, 7) is 7.52. The summed E-state index contributed by atoms with van der Waals surface area (Å²) < 4.78 is 31.5. The van der Waals surface area contributed by atoms with Crippen LogP contribution < -0.4 is 4.72 Å². The molecule has 5 nitrogen and oxygen atoms in total. The van der Waals surface area contributed by atoms with Crippen molar-refractivity contribution in [3.05, 3.63) is 29.8 Å². The van der Waals surface area contributed by atoms with E-state index in [0.29, 0.717) is 5.92 Å². The van der Waals surface area contributed by atoms with Crippen molar-refractivity contribution in [2.75, 3.05) is 6.61 Å². The Labute approximate surface area is 126 Å². The van der Waals surface area contributed by atoms with E-state index in [1.165, 1.54) is 6.92 Å². The van der Waals surface area contributed by atoms with Gasteiger partial charge in [-0.05, 0) is 43.9 Å². The number of nitrogens with one attached hydrogen (secondary N) is 1. The summed E-state index contributed by atoms with van der Waals surface area (Å²) in [6, 6.07) is 5.81. The molecule has 0 aromatic heterocycles. The molecule has 0 bridgehead atoms. The van der Waals surface area contributed by atoms with Gasteiger partial charge in [0.25, 0.3) is 0 Å². The van der Waals surface area contributed by atoms with Gasteiger partial charge in [0.1, 0.15) is 6.04 Å². The minimum absolute atomic E-state index is 0.144. The van der Waals surface area contributed by atoms with Gasteiger partial charge in [0.2, 0.25) is 10.0 Å². The molecule has 0 amide bonds. The highest BCUT2D eigenvalue weighted by Gasteiger charge is 2.22. The molecule has 1 aromatic carbocycles. The Morgan fingerprint density at radius 1 is 1.19 bits per heavy atom. The Balaban J connectivity index is 2.85. The van der Waals surface area contributed by atoms with E-state index in [2.05, 4.69) is 18.6 Å². The predicted molar refractivity (Wildman–Crippen MR) is 81.6 cm³/mol. The molecule has 0 aliphatic rings. The molecule has 118 valence electrons. The van der Waals surface area contributed by atoms with Crippen molar-refractivity contribution in [3.63, 3.8) is 0 Å². The van der Waals surface area contributed by atoms with E-state index < -0.39 is 22.0 Å². The van der Waals surface area contributed by atoms with Crippen LogP contribution in [0.4, 0.5) is 0 Å². The molecule has 0 spiro atoms. The Hall–Kier alpha value is -1.40. The molecule has 2 unspecified atom stereocenters. The number of esters is 1. The summed E-state index contributed by atoms with van der Waals surface area (Å²) in [5.74, 6) is -0.203. The molecule has 1 N–H and O–H groups in total. The lowest BCUT2D eigenvalue weighted by Gasteiger charge is -2.14. The van der Waals surface area contributed by atoms with Gasteiger partial charge >= 0.3 is 5.97 Å². The van der Waals surface area contributed by atoms with Gasteiger partial charge in [-0.1, -0.05) is 26.0 Å². The lowest BCUT2D eigenvalue weighted by atomic mass is 9.99. The van der Waals surface area contributed by atoms with Gasteiger partial charge in [0.15, 0.2) is 0 Å². The van der Waals surface area contributed by atoms with Gasteiger partial charge in [-0.2, -0.15) is 4.72 Å². The number of sulfonamides is 1. The first-order valence-electron chi connectivity index (χ1n) is 7.10. The largest absolute Gasteiger partial charge is 0.465 e. The van der Waals surface area contributed by atoms with Gasteiger partial charge in [0.05, 0.1) is 11.5 Å². The number of carbonyl (C=O) groups is 1. The maximum Gasteiger partial charge on any atom is 0.323 e. The fraction of sp³-hybridized carbons (Fsp3) is 0.533. The Bertz CT molecular complexity index is 566. The molecule has 0 aliphatic carbocycles. The monoisotopic (exact) mass is 313 g/mol. The normalized spacial score (nSPS) is 14.5. The Morgan fingerprint density at radius 2 is 1.76 bits per heavy atom. The van der Waals surface area contributed by atoms with Gasteiger partial charge < -0.3 is 4.74 Å². The number of carbonyl (C=O) groups excluding carboxylic acids is 1. The summed E-state index contributed by atoms with van der Waals surface area (Å²) in [7, 11) is -3.72. The van der Waals surface area contributed by atoms with Crippen molar-refractivity contribution in [2.24, 2.45) is 0 Å². The summed E-state index contributed by atoms with van der Waals surface area (Å²) >= 11 is 0. The first-order valence-corrected chi connectivity index (χ1v) is 8.59. The van der Waals surface area contributed by atoms with Crippen molar-refractivity contribution >= 4 is 16.0 Å². The quantitative estimate of drug-likeness (QED) is 0.785. The van der Waals surface area contributed by atoms with Gasteiger partial charge in [-0.25, -0.2) is 8.42 Å². The zero-order valence-electron chi connectivity index (χ0n) is 12.9. The smallest absolute Gasteiger partial charge is 0.323 e. The second kappa shape index (κ2) is 7.56. The SMILES string of the molecule is CCOC(=O)C(C)NS(=O)(=O)c1ccc(C(C)CC)cc1. The maximum absolute atomic E-state index is 12.2. The summed E-state index contributed by atoms with van der Waals surface area (Å²) in [4.78, 5) is 11.6. The zero-order valence-corrected chi connectivity index (χ0v) is 13.7. The Morgan fingerprint density at radius 3 is 2.24 bits per heavy atom. The van der Waals surface area contributed by atoms with Crippen LogP contribution in [-0.2, 0) is 19.6 Å². The van der Waals surface area contributed by atoms with E-state index in [4.69, 9.17) is 4.74 Å². The molecule has 2 atom stereocenters. The first kappa shape index (κ1) is 17.7. The highest BCUT2D eigenvalue weighted by molar-refractivity contribution is 7.89. The predicted octanol–water partition coefficient (Wildman–Crippen LogP) is 2.43.